The highest BCUT2D eigenvalue weighted by molar-refractivity contribution is 5.86. The molecule has 0 aliphatic rings. The smallest absolute Gasteiger partial charge is 0.259 e. The van der Waals surface area contributed by atoms with Crippen LogP contribution >= 0.6 is 0 Å². The summed E-state index contributed by atoms with van der Waals surface area (Å²) in [5, 5.41) is 1.32. The number of hydrogen-bond donors (Lipinski definition) is 1. The Morgan fingerprint density at radius 1 is 1.03 bits per heavy atom. The standard InChI is InChI=1S/C26H21N3O4/c1-3-32-22-13-6-8-16-14-20(24-28-21-12-5-4-11-19(21)25(30)29-24)26(33-23(16)22)27-17-9-7-10-18(15-17)31-2/h4-15H,3H2,1-2H3,(H,28,29,30). The Balaban J connectivity index is 1.83. The summed E-state index contributed by atoms with van der Waals surface area (Å²) in [7, 11) is 1.60. The van der Waals surface area contributed by atoms with Gasteiger partial charge in [-0.25, -0.2) is 9.98 Å². The summed E-state index contributed by atoms with van der Waals surface area (Å²) >= 11 is 0. The van der Waals surface area contributed by atoms with Crippen LogP contribution in [-0.4, -0.2) is 23.7 Å². The fourth-order valence-electron chi connectivity index (χ4n) is 3.66. The zero-order valence-corrected chi connectivity index (χ0v) is 18.2. The SMILES string of the molecule is CCOc1cccc2cc(-c3nc4ccccc4c(=O)[nH]3)c(=Nc3cccc(OC)c3)oc12. The van der Waals surface area contributed by atoms with Crippen LogP contribution in [0.4, 0.5) is 5.69 Å². The summed E-state index contributed by atoms with van der Waals surface area (Å²) in [5.41, 5.74) is 2.41. The summed E-state index contributed by atoms with van der Waals surface area (Å²) in [6, 6.07) is 22.1. The molecule has 0 bridgehead atoms. The number of benzene rings is 3. The maximum absolute atomic E-state index is 12.7. The molecule has 0 spiro atoms. The Bertz CT molecular complexity index is 1600. The molecule has 7 nitrogen and oxygen atoms in total. The molecule has 33 heavy (non-hydrogen) atoms. The van der Waals surface area contributed by atoms with Gasteiger partial charge in [-0.3, -0.25) is 4.79 Å². The van der Waals surface area contributed by atoms with E-state index in [2.05, 4.69) is 9.97 Å². The predicted octanol–water partition coefficient (Wildman–Crippen LogP) is 4.98. The maximum Gasteiger partial charge on any atom is 0.259 e. The second-order valence-electron chi connectivity index (χ2n) is 7.32. The van der Waals surface area contributed by atoms with Gasteiger partial charge in [-0.15, -0.1) is 0 Å². The van der Waals surface area contributed by atoms with E-state index >= 15 is 0 Å². The number of nitrogens with zero attached hydrogens (tertiary/aromatic N) is 2. The Morgan fingerprint density at radius 3 is 2.73 bits per heavy atom. The van der Waals surface area contributed by atoms with Gasteiger partial charge in [0.15, 0.2) is 11.3 Å². The molecule has 0 fully saturated rings. The van der Waals surface area contributed by atoms with Crippen molar-refractivity contribution in [2.24, 2.45) is 4.99 Å². The van der Waals surface area contributed by atoms with E-state index in [1.807, 2.05) is 61.5 Å². The lowest BCUT2D eigenvalue weighted by Gasteiger charge is -2.09. The fourth-order valence-corrected chi connectivity index (χ4v) is 3.66. The first-order valence-electron chi connectivity index (χ1n) is 10.5. The highest BCUT2D eigenvalue weighted by Gasteiger charge is 2.14. The number of para-hydroxylation sites is 2. The first-order valence-corrected chi connectivity index (χ1v) is 10.5. The van der Waals surface area contributed by atoms with Crippen molar-refractivity contribution in [3.8, 4) is 22.9 Å². The number of fused-ring (bicyclic) bond motifs is 2. The molecular weight excluding hydrogens is 418 g/mol. The largest absolute Gasteiger partial charge is 0.497 e. The van der Waals surface area contributed by atoms with E-state index in [-0.39, 0.29) is 5.56 Å². The second-order valence-corrected chi connectivity index (χ2v) is 7.32. The number of hydrogen-bond acceptors (Lipinski definition) is 6. The van der Waals surface area contributed by atoms with Crippen LogP contribution in [0.25, 0.3) is 33.3 Å². The van der Waals surface area contributed by atoms with E-state index < -0.39 is 0 Å². The highest BCUT2D eigenvalue weighted by atomic mass is 16.5. The summed E-state index contributed by atoms with van der Waals surface area (Å²) in [4.78, 5) is 25.0. The molecule has 0 unspecified atom stereocenters. The molecule has 0 saturated heterocycles. The van der Waals surface area contributed by atoms with E-state index in [4.69, 9.17) is 18.9 Å². The third kappa shape index (κ3) is 3.96. The first kappa shape index (κ1) is 20.5. The van der Waals surface area contributed by atoms with Crippen molar-refractivity contribution in [3.63, 3.8) is 0 Å². The molecule has 0 aliphatic carbocycles. The minimum atomic E-state index is -0.230. The van der Waals surface area contributed by atoms with Gasteiger partial charge in [-0.1, -0.05) is 30.3 Å². The number of aromatic nitrogens is 2. The number of aromatic amines is 1. The molecule has 0 radical (unpaired) electrons. The van der Waals surface area contributed by atoms with Crippen LogP contribution in [0, 0.1) is 0 Å². The zero-order chi connectivity index (χ0) is 22.8. The number of methoxy groups -OCH3 is 1. The molecule has 0 saturated carbocycles. The van der Waals surface area contributed by atoms with Crippen molar-refractivity contribution < 1.29 is 13.9 Å². The van der Waals surface area contributed by atoms with E-state index in [1.165, 1.54) is 0 Å². The van der Waals surface area contributed by atoms with Gasteiger partial charge in [-0.05, 0) is 43.3 Å². The average Bonchev–Trinajstić information content (AvgIpc) is 2.84. The van der Waals surface area contributed by atoms with Gasteiger partial charge in [-0.2, -0.15) is 0 Å². The summed E-state index contributed by atoms with van der Waals surface area (Å²) < 4.78 is 17.3. The zero-order valence-electron chi connectivity index (χ0n) is 18.2. The summed E-state index contributed by atoms with van der Waals surface area (Å²) in [6.07, 6.45) is 0. The quantitative estimate of drug-likeness (QED) is 0.417. The van der Waals surface area contributed by atoms with Crippen molar-refractivity contribution in [3.05, 3.63) is 88.7 Å². The molecule has 164 valence electrons. The minimum absolute atomic E-state index is 0.230. The van der Waals surface area contributed by atoms with Crippen LogP contribution in [0.1, 0.15) is 6.92 Å². The Hall–Kier alpha value is -4.39. The van der Waals surface area contributed by atoms with Crippen LogP contribution in [0.3, 0.4) is 0 Å². The lowest BCUT2D eigenvalue weighted by Crippen LogP contribution is -2.14. The van der Waals surface area contributed by atoms with Gasteiger partial charge >= 0.3 is 0 Å². The molecule has 3 aromatic carbocycles. The van der Waals surface area contributed by atoms with Crippen molar-refractivity contribution in [1.29, 1.82) is 0 Å². The predicted molar refractivity (Wildman–Crippen MR) is 127 cm³/mol. The van der Waals surface area contributed by atoms with E-state index in [9.17, 15) is 4.79 Å². The molecule has 0 amide bonds. The third-order valence-electron chi connectivity index (χ3n) is 5.19. The second kappa shape index (κ2) is 8.63. The van der Waals surface area contributed by atoms with Gasteiger partial charge in [0.2, 0.25) is 5.55 Å². The number of rotatable bonds is 5. The van der Waals surface area contributed by atoms with E-state index in [0.29, 0.717) is 57.2 Å². The molecule has 2 aromatic heterocycles. The number of nitrogens with one attached hydrogen (secondary N) is 1. The molecular formula is C26H21N3O4. The van der Waals surface area contributed by atoms with Crippen LogP contribution in [-0.2, 0) is 0 Å². The molecule has 5 rings (SSSR count). The molecule has 1 N–H and O–H groups in total. The van der Waals surface area contributed by atoms with Crippen molar-refractivity contribution in [2.45, 2.75) is 6.92 Å². The number of H-pyrrole nitrogens is 1. The topological polar surface area (TPSA) is 89.7 Å². The van der Waals surface area contributed by atoms with Crippen LogP contribution in [0.15, 0.2) is 87.0 Å². The normalized spacial score (nSPS) is 11.8. The Labute approximate surface area is 189 Å². The maximum atomic E-state index is 12.7. The molecule has 2 heterocycles. The van der Waals surface area contributed by atoms with Crippen LogP contribution in [0.2, 0.25) is 0 Å². The lowest BCUT2D eigenvalue weighted by atomic mass is 10.1. The monoisotopic (exact) mass is 439 g/mol. The summed E-state index contributed by atoms with van der Waals surface area (Å²) in [5.74, 6) is 1.65. The molecule has 0 aliphatic heterocycles. The molecule has 7 heteroatoms. The van der Waals surface area contributed by atoms with E-state index in [0.717, 1.165) is 5.39 Å². The molecule has 5 aromatic rings. The van der Waals surface area contributed by atoms with Crippen molar-refractivity contribution in [1.82, 2.24) is 9.97 Å². The van der Waals surface area contributed by atoms with Gasteiger partial charge in [0.25, 0.3) is 5.56 Å². The minimum Gasteiger partial charge on any atom is -0.497 e. The van der Waals surface area contributed by atoms with Gasteiger partial charge in [0, 0.05) is 11.5 Å². The Morgan fingerprint density at radius 2 is 1.88 bits per heavy atom. The highest BCUT2D eigenvalue weighted by Crippen LogP contribution is 2.28. The van der Waals surface area contributed by atoms with Crippen molar-refractivity contribution in [2.75, 3.05) is 13.7 Å². The van der Waals surface area contributed by atoms with Gasteiger partial charge in [0.1, 0.15) is 11.6 Å². The fraction of sp³-hybridized carbons (Fsp3) is 0.115. The molecule has 0 atom stereocenters. The van der Waals surface area contributed by atoms with Crippen molar-refractivity contribution >= 4 is 27.6 Å². The Kier molecular flexibility index (Phi) is 5.36. The summed E-state index contributed by atoms with van der Waals surface area (Å²) in [6.45, 7) is 2.41. The third-order valence-corrected chi connectivity index (χ3v) is 5.19. The van der Waals surface area contributed by atoms with Crippen LogP contribution in [0.5, 0.6) is 11.5 Å². The van der Waals surface area contributed by atoms with Crippen LogP contribution < -0.4 is 20.6 Å². The number of ether oxygens (including phenoxy) is 2. The van der Waals surface area contributed by atoms with E-state index in [1.54, 1.807) is 25.3 Å². The lowest BCUT2D eigenvalue weighted by molar-refractivity contribution is 0.336. The van der Waals surface area contributed by atoms with Gasteiger partial charge < -0.3 is 18.9 Å². The average molecular weight is 439 g/mol. The van der Waals surface area contributed by atoms with Gasteiger partial charge in [0.05, 0.1) is 35.9 Å². The first-order chi connectivity index (χ1) is 16.2.